The van der Waals surface area contributed by atoms with Crippen molar-refractivity contribution >= 4 is 5.97 Å². The molecule has 0 radical (unpaired) electrons. The molecule has 0 amide bonds. The van der Waals surface area contributed by atoms with Gasteiger partial charge in [0.1, 0.15) is 6.10 Å². The van der Waals surface area contributed by atoms with Gasteiger partial charge in [-0.05, 0) is 13.3 Å². The van der Waals surface area contributed by atoms with Gasteiger partial charge in [0.2, 0.25) is 0 Å². The molecular formula is C20H38O5. The summed E-state index contributed by atoms with van der Waals surface area (Å²) in [4.78, 5) is 11.8. The summed E-state index contributed by atoms with van der Waals surface area (Å²) in [6.07, 6.45) is 13.0. The molecule has 2 unspecified atom stereocenters. The van der Waals surface area contributed by atoms with Crippen LogP contribution in [0.15, 0.2) is 0 Å². The predicted octanol–water partition coefficient (Wildman–Crippen LogP) is 4.62. The average molecular weight is 359 g/mol. The molecule has 0 aromatic rings. The zero-order chi connectivity index (χ0) is 18.4. The Morgan fingerprint density at radius 2 is 1.60 bits per heavy atom. The lowest BCUT2D eigenvalue weighted by atomic mass is 10.1. The van der Waals surface area contributed by atoms with Crippen LogP contribution < -0.4 is 0 Å². The van der Waals surface area contributed by atoms with Gasteiger partial charge in [-0.2, -0.15) is 0 Å². The smallest absolute Gasteiger partial charge is 0.366 e. The number of carbonyl (C=O) groups excluding carboxylic acids is 1. The van der Waals surface area contributed by atoms with E-state index in [1.807, 2.05) is 0 Å². The molecule has 0 aromatic carbocycles. The van der Waals surface area contributed by atoms with Gasteiger partial charge in [-0.3, -0.25) is 0 Å². The van der Waals surface area contributed by atoms with Crippen molar-refractivity contribution in [2.24, 2.45) is 0 Å². The molecule has 2 atom stereocenters. The maximum atomic E-state index is 11.8. The first-order valence-corrected chi connectivity index (χ1v) is 10.2. The van der Waals surface area contributed by atoms with Gasteiger partial charge < -0.3 is 18.9 Å². The fourth-order valence-corrected chi connectivity index (χ4v) is 3.00. The molecular weight excluding hydrogens is 320 g/mol. The van der Waals surface area contributed by atoms with Crippen molar-refractivity contribution in [2.45, 2.75) is 96.9 Å². The van der Waals surface area contributed by atoms with Gasteiger partial charge in [0.05, 0.1) is 19.8 Å². The Morgan fingerprint density at radius 1 is 1.00 bits per heavy atom. The minimum atomic E-state index is -1.28. The molecule has 0 spiro atoms. The van der Waals surface area contributed by atoms with E-state index >= 15 is 0 Å². The largest absolute Gasteiger partial charge is 0.462 e. The van der Waals surface area contributed by atoms with E-state index in [0.717, 1.165) is 13.0 Å². The maximum Gasteiger partial charge on any atom is 0.366 e. The van der Waals surface area contributed by atoms with Crippen LogP contribution in [-0.2, 0) is 23.7 Å². The summed E-state index contributed by atoms with van der Waals surface area (Å²) in [5.74, 6) is -1.74. The molecule has 0 bridgehead atoms. The second-order valence-corrected chi connectivity index (χ2v) is 6.97. The van der Waals surface area contributed by atoms with Gasteiger partial charge in [0.15, 0.2) is 0 Å². The van der Waals surface area contributed by atoms with Gasteiger partial charge in [0.25, 0.3) is 5.79 Å². The van der Waals surface area contributed by atoms with Crippen LogP contribution in [0.3, 0.4) is 0 Å². The van der Waals surface area contributed by atoms with Crippen LogP contribution in [-0.4, -0.2) is 44.3 Å². The van der Waals surface area contributed by atoms with Gasteiger partial charge >= 0.3 is 5.97 Å². The molecule has 1 aliphatic rings. The van der Waals surface area contributed by atoms with Gasteiger partial charge in [0, 0.05) is 13.5 Å². The Bertz CT molecular complexity index is 347. The number of carbonyl (C=O) groups is 1. The molecule has 0 N–H and O–H groups in total. The third-order valence-electron chi connectivity index (χ3n) is 4.53. The SMILES string of the molecule is CCCCCCCCCCCCOCC1COC(C)(C(=O)OCC)O1. The minimum absolute atomic E-state index is 0.197. The van der Waals surface area contributed by atoms with E-state index in [0.29, 0.717) is 19.8 Å². The monoisotopic (exact) mass is 358 g/mol. The third kappa shape index (κ3) is 9.57. The Labute approximate surface area is 153 Å². The van der Waals surface area contributed by atoms with E-state index in [1.165, 1.54) is 57.8 Å². The number of hydrogen-bond donors (Lipinski definition) is 0. The van der Waals surface area contributed by atoms with Gasteiger partial charge in [-0.15, -0.1) is 0 Å². The summed E-state index contributed by atoms with van der Waals surface area (Å²) in [6.45, 7) is 7.52. The highest BCUT2D eigenvalue weighted by atomic mass is 16.8. The molecule has 148 valence electrons. The molecule has 1 heterocycles. The summed E-state index contributed by atoms with van der Waals surface area (Å²) in [5, 5.41) is 0. The number of ether oxygens (including phenoxy) is 4. The summed E-state index contributed by atoms with van der Waals surface area (Å²) in [5.41, 5.74) is 0. The lowest BCUT2D eigenvalue weighted by Gasteiger charge is -2.20. The van der Waals surface area contributed by atoms with Crippen molar-refractivity contribution in [1.29, 1.82) is 0 Å². The Morgan fingerprint density at radius 3 is 2.20 bits per heavy atom. The highest BCUT2D eigenvalue weighted by Crippen LogP contribution is 2.25. The van der Waals surface area contributed by atoms with Crippen LogP contribution in [0, 0.1) is 0 Å². The van der Waals surface area contributed by atoms with Crippen molar-refractivity contribution in [3.05, 3.63) is 0 Å². The first-order valence-electron chi connectivity index (χ1n) is 10.2. The molecule has 0 aliphatic carbocycles. The summed E-state index contributed by atoms with van der Waals surface area (Å²) in [7, 11) is 0. The second kappa shape index (κ2) is 13.5. The van der Waals surface area contributed by atoms with Gasteiger partial charge in [-0.25, -0.2) is 4.79 Å². The molecule has 1 rings (SSSR count). The average Bonchev–Trinajstić information content (AvgIpc) is 2.99. The zero-order valence-corrected chi connectivity index (χ0v) is 16.5. The zero-order valence-electron chi connectivity index (χ0n) is 16.5. The molecule has 5 heteroatoms. The Hall–Kier alpha value is -0.650. The lowest BCUT2D eigenvalue weighted by molar-refractivity contribution is -0.206. The maximum absolute atomic E-state index is 11.8. The molecule has 0 aromatic heterocycles. The van der Waals surface area contributed by atoms with Crippen molar-refractivity contribution in [1.82, 2.24) is 0 Å². The van der Waals surface area contributed by atoms with E-state index in [-0.39, 0.29) is 6.10 Å². The lowest BCUT2D eigenvalue weighted by Crippen LogP contribution is -2.39. The molecule has 1 aliphatic heterocycles. The molecule has 5 nitrogen and oxygen atoms in total. The number of esters is 1. The van der Waals surface area contributed by atoms with Crippen molar-refractivity contribution in [2.75, 3.05) is 26.4 Å². The second-order valence-electron chi connectivity index (χ2n) is 6.97. The quantitative estimate of drug-likeness (QED) is 0.316. The van der Waals surface area contributed by atoms with Crippen LogP contribution in [0.1, 0.15) is 85.0 Å². The number of hydrogen-bond acceptors (Lipinski definition) is 5. The Balaban J connectivity index is 1.91. The first-order chi connectivity index (χ1) is 12.1. The summed E-state index contributed by atoms with van der Waals surface area (Å²) < 4.78 is 21.7. The Kier molecular flexibility index (Phi) is 12.1. The van der Waals surface area contributed by atoms with Crippen molar-refractivity contribution in [3.63, 3.8) is 0 Å². The summed E-state index contributed by atoms with van der Waals surface area (Å²) in [6, 6.07) is 0. The van der Waals surface area contributed by atoms with E-state index in [2.05, 4.69) is 6.92 Å². The van der Waals surface area contributed by atoms with Crippen LogP contribution in [0.4, 0.5) is 0 Å². The fraction of sp³-hybridized carbons (Fsp3) is 0.950. The van der Waals surface area contributed by atoms with Crippen LogP contribution in [0.25, 0.3) is 0 Å². The third-order valence-corrected chi connectivity index (χ3v) is 4.53. The fourth-order valence-electron chi connectivity index (χ4n) is 3.00. The van der Waals surface area contributed by atoms with Crippen molar-refractivity contribution in [3.8, 4) is 0 Å². The van der Waals surface area contributed by atoms with Crippen LogP contribution in [0.2, 0.25) is 0 Å². The predicted molar refractivity (Wildman–Crippen MR) is 98.5 cm³/mol. The topological polar surface area (TPSA) is 54.0 Å². The molecule has 1 saturated heterocycles. The first kappa shape index (κ1) is 22.4. The highest BCUT2D eigenvalue weighted by molar-refractivity contribution is 5.77. The number of rotatable bonds is 15. The highest BCUT2D eigenvalue weighted by Gasteiger charge is 2.45. The van der Waals surface area contributed by atoms with E-state index < -0.39 is 11.8 Å². The minimum Gasteiger partial charge on any atom is -0.462 e. The van der Waals surface area contributed by atoms with E-state index in [9.17, 15) is 4.79 Å². The van der Waals surface area contributed by atoms with Crippen molar-refractivity contribution < 1.29 is 23.7 Å². The van der Waals surface area contributed by atoms with Crippen LogP contribution in [0.5, 0.6) is 0 Å². The van der Waals surface area contributed by atoms with E-state index in [1.54, 1.807) is 13.8 Å². The molecule has 25 heavy (non-hydrogen) atoms. The van der Waals surface area contributed by atoms with E-state index in [4.69, 9.17) is 18.9 Å². The van der Waals surface area contributed by atoms with Crippen LogP contribution >= 0.6 is 0 Å². The summed E-state index contributed by atoms with van der Waals surface area (Å²) >= 11 is 0. The number of unbranched alkanes of at least 4 members (excludes halogenated alkanes) is 9. The molecule has 1 fully saturated rings. The normalized spacial score (nSPS) is 23.1. The van der Waals surface area contributed by atoms with Gasteiger partial charge in [-0.1, -0.05) is 64.7 Å². The molecule has 0 saturated carbocycles. The standard InChI is InChI=1S/C20H38O5/c1-4-6-7-8-9-10-11-12-13-14-15-22-16-18-17-24-20(3,25-18)19(21)23-5-2/h18H,4-17H2,1-3H3.